The highest BCUT2D eigenvalue weighted by Crippen LogP contribution is 2.27. The Bertz CT molecular complexity index is 1030. The minimum absolute atomic E-state index is 0.0370. The van der Waals surface area contributed by atoms with Gasteiger partial charge >= 0.3 is 0 Å². The van der Waals surface area contributed by atoms with Gasteiger partial charge in [0.1, 0.15) is 5.58 Å². The zero-order valence-corrected chi connectivity index (χ0v) is 16.9. The van der Waals surface area contributed by atoms with E-state index in [1.54, 1.807) is 6.26 Å². The summed E-state index contributed by atoms with van der Waals surface area (Å²) in [7, 11) is 0. The lowest BCUT2D eigenvalue weighted by Crippen LogP contribution is -2.42. The molecule has 1 aliphatic rings. The van der Waals surface area contributed by atoms with Crippen LogP contribution >= 0.6 is 0 Å². The van der Waals surface area contributed by atoms with E-state index in [0.717, 1.165) is 27.8 Å². The molecule has 0 unspecified atom stereocenters. The van der Waals surface area contributed by atoms with Gasteiger partial charge in [-0.25, -0.2) is 0 Å². The van der Waals surface area contributed by atoms with Crippen molar-refractivity contribution in [3.63, 3.8) is 0 Å². The van der Waals surface area contributed by atoms with Crippen molar-refractivity contribution in [1.82, 2.24) is 4.90 Å². The lowest BCUT2D eigenvalue weighted by molar-refractivity contribution is -0.133. The SMILES string of the molecule is Cc1ccc2c(CC(=O)N3CCC(C(=O)Nc4ccccc4)CC3)coc2c1C. The normalized spacial score (nSPS) is 14.9. The van der Waals surface area contributed by atoms with Gasteiger partial charge in [0.25, 0.3) is 0 Å². The molecule has 0 atom stereocenters. The number of rotatable bonds is 4. The van der Waals surface area contributed by atoms with Gasteiger partial charge in [0.05, 0.1) is 12.7 Å². The molecule has 1 aromatic heterocycles. The molecule has 1 aliphatic heterocycles. The highest BCUT2D eigenvalue weighted by Gasteiger charge is 2.28. The van der Waals surface area contributed by atoms with E-state index < -0.39 is 0 Å². The minimum atomic E-state index is -0.0559. The molecule has 0 saturated carbocycles. The van der Waals surface area contributed by atoms with Crippen molar-refractivity contribution >= 4 is 28.5 Å². The second kappa shape index (κ2) is 8.11. The molecule has 1 saturated heterocycles. The summed E-state index contributed by atoms with van der Waals surface area (Å²) in [6, 6.07) is 13.6. The molecule has 5 heteroatoms. The fourth-order valence-electron chi connectivity index (χ4n) is 3.96. The first-order chi connectivity index (χ1) is 14.0. The van der Waals surface area contributed by atoms with Crippen LogP contribution in [-0.4, -0.2) is 29.8 Å². The number of hydrogen-bond donors (Lipinski definition) is 1. The average Bonchev–Trinajstić information content (AvgIpc) is 3.15. The number of carbonyl (C=O) groups excluding carboxylic acids is 2. The third-order valence-corrected chi connectivity index (χ3v) is 5.94. The number of aryl methyl sites for hydroxylation is 2. The summed E-state index contributed by atoms with van der Waals surface area (Å²) < 4.78 is 5.73. The number of furan rings is 1. The van der Waals surface area contributed by atoms with Crippen LogP contribution in [0.15, 0.2) is 53.1 Å². The standard InChI is InChI=1S/C24H26N2O3/c1-16-8-9-21-19(15-29-23(21)17(16)2)14-22(27)26-12-10-18(11-13-26)24(28)25-20-6-4-3-5-7-20/h3-9,15,18H,10-14H2,1-2H3,(H,25,28). The van der Waals surface area contributed by atoms with Gasteiger partial charge in [0.15, 0.2) is 0 Å². The molecule has 3 aromatic rings. The quantitative estimate of drug-likeness (QED) is 0.715. The van der Waals surface area contributed by atoms with Gasteiger partial charge in [-0.3, -0.25) is 9.59 Å². The van der Waals surface area contributed by atoms with E-state index in [-0.39, 0.29) is 17.7 Å². The summed E-state index contributed by atoms with van der Waals surface area (Å²) in [6.45, 7) is 5.32. The van der Waals surface area contributed by atoms with Crippen LogP contribution in [0.2, 0.25) is 0 Å². The predicted molar refractivity (Wildman–Crippen MR) is 114 cm³/mol. The molecule has 2 aromatic carbocycles. The number of nitrogens with one attached hydrogen (secondary N) is 1. The van der Waals surface area contributed by atoms with E-state index in [9.17, 15) is 9.59 Å². The summed E-state index contributed by atoms with van der Waals surface area (Å²) in [4.78, 5) is 27.2. The maximum absolute atomic E-state index is 12.8. The lowest BCUT2D eigenvalue weighted by Gasteiger charge is -2.31. The Labute approximate surface area is 170 Å². The van der Waals surface area contributed by atoms with Crippen LogP contribution in [0.5, 0.6) is 0 Å². The minimum Gasteiger partial charge on any atom is -0.464 e. The van der Waals surface area contributed by atoms with Crippen molar-refractivity contribution in [2.45, 2.75) is 33.1 Å². The Morgan fingerprint density at radius 1 is 1.07 bits per heavy atom. The van der Waals surface area contributed by atoms with Crippen LogP contribution in [0.1, 0.15) is 29.5 Å². The highest BCUT2D eigenvalue weighted by molar-refractivity contribution is 5.93. The molecule has 150 valence electrons. The molecular weight excluding hydrogens is 364 g/mol. The maximum Gasteiger partial charge on any atom is 0.227 e. The second-order valence-corrected chi connectivity index (χ2v) is 7.83. The van der Waals surface area contributed by atoms with Gasteiger partial charge in [-0.2, -0.15) is 0 Å². The molecule has 5 nitrogen and oxygen atoms in total. The maximum atomic E-state index is 12.8. The number of anilines is 1. The zero-order valence-electron chi connectivity index (χ0n) is 16.9. The van der Waals surface area contributed by atoms with E-state index in [1.165, 1.54) is 5.56 Å². The Hall–Kier alpha value is -3.08. The fourth-order valence-corrected chi connectivity index (χ4v) is 3.96. The number of likely N-dealkylation sites (tertiary alicyclic amines) is 1. The van der Waals surface area contributed by atoms with Crippen LogP contribution in [0.4, 0.5) is 5.69 Å². The average molecular weight is 390 g/mol. The summed E-state index contributed by atoms with van der Waals surface area (Å²) >= 11 is 0. The summed E-state index contributed by atoms with van der Waals surface area (Å²) in [5.74, 6) is 0.0717. The molecule has 0 radical (unpaired) electrons. The van der Waals surface area contributed by atoms with Gasteiger partial charge in [0, 0.05) is 35.6 Å². The first-order valence-corrected chi connectivity index (χ1v) is 10.1. The Kier molecular flexibility index (Phi) is 5.38. The molecule has 2 amide bonds. The zero-order chi connectivity index (χ0) is 20.4. The number of amides is 2. The van der Waals surface area contributed by atoms with Crippen LogP contribution in [0, 0.1) is 19.8 Å². The van der Waals surface area contributed by atoms with Gasteiger partial charge in [0.2, 0.25) is 11.8 Å². The van der Waals surface area contributed by atoms with Crippen molar-refractivity contribution in [2.24, 2.45) is 5.92 Å². The van der Waals surface area contributed by atoms with E-state index in [2.05, 4.69) is 18.3 Å². The van der Waals surface area contributed by atoms with E-state index >= 15 is 0 Å². The van der Waals surface area contributed by atoms with Crippen LogP contribution in [0.25, 0.3) is 11.0 Å². The van der Waals surface area contributed by atoms with E-state index in [4.69, 9.17) is 4.42 Å². The third kappa shape index (κ3) is 4.04. The molecule has 0 aliphatic carbocycles. The van der Waals surface area contributed by atoms with Crippen molar-refractivity contribution in [1.29, 1.82) is 0 Å². The first kappa shape index (κ1) is 19.2. The number of para-hydroxylation sites is 1. The lowest BCUT2D eigenvalue weighted by atomic mass is 9.95. The first-order valence-electron chi connectivity index (χ1n) is 10.1. The topological polar surface area (TPSA) is 62.6 Å². The summed E-state index contributed by atoms with van der Waals surface area (Å²) in [5.41, 5.74) is 4.90. The predicted octanol–water partition coefficient (Wildman–Crippen LogP) is 4.47. The Morgan fingerprint density at radius 3 is 2.52 bits per heavy atom. The van der Waals surface area contributed by atoms with Gasteiger partial charge < -0.3 is 14.6 Å². The van der Waals surface area contributed by atoms with Gasteiger partial charge in [-0.1, -0.05) is 30.3 Å². The molecule has 0 spiro atoms. The van der Waals surface area contributed by atoms with Crippen LogP contribution < -0.4 is 5.32 Å². The number of hydrogen-bond acceptors (Lipinski definition) is 3. The third-order valence-electron chi connectivity index (χ3n) is 5.94. The molecule has 1 fully saturated rings. The second-order valence-electron chi connectivity index (χ2n) is 7.83. The fraction of sp³-hybridized carbons (Fsp3) is 0.333. The Morgan fingerprint density at radius 2 is 1.79 bits per heavy atom. The van der Waals surface area contributed by atoms with E-state index in [0.29, 0.717) is 32.4 Å². The van der Waals surface area contributed by atoms with Crippen LogP contribution in [0.3, 0.4) is 0 Å². The molecular formula is C24H26N2O3. The molecule has 2 heterocycles. The van der Waals surface area contributed by atoms with Crippen molar-refractivity contribution in [3.05, 3.63) is 65.4 Å². The van der Waals surface area contributed by atoms with E-state index in [1.807, 2.05) is 48.2 Å². The van der Waals surface area contributed by atoms with Crippen LogP contribution in [-0.2, 0) is 16.0 Å². The number of benzene rings is 2. The van der Waals surface area contributed by atoms with Crippen molar-refractivity contribution in [3.8, 4) is 0 Å². The largest absolute Gasteiger partial charge is 0.464 e. The monoisotopic (exact) mass is 390 g/mol. The molecule has 0 bridgehead atoms. The van der Waals surface area contributed by atoms with Crippen molar-refractivity contribution < 1.29 is 14.0 Å². The number of piperidine rings is 1. The number of fused-ring (bicyclic) bond motifs is 1. The number of nitrogens with zero attached hydrogens (tertiary/aromatic N) is 1. The summed E-state index contributed by atoms with van der Waals surface area (Å²) in [5, 5.41) is 3.98. The summed E-state index contributed by atoms with van der Waals surface area (Å²) in [6.07, 6.45) is 3.41. The Balaban J connectivity index is 1.35. The number of carbonyl (C=O) groups is 2. The van der Waals surface area contributed by atoms with Gasteiger partial charge in [-0.05, 0) is 49.9 Å². The van der Waals surface area contributed by atoms with Gasteiger partial charge in [-0.15, -0.1) is 0 Å². The van der Waals surface area contributed by atoms with Crippen molar-refractivity contribution in [2.75, 3.05) is 18.4 Å². The highest BCUT2D eigenvalue weighted by atomic mass is 16.3. The smallest absolute Gasteiger partial charge is 0.227 e. The molecule has 4 rings (SSSR count). The molecule has 1 N–H and O–H groups in total. The molecule has 29 heavy (non-hydrogen) atoms.